The highest BCUT2D eigenvalue weighted by atomic mass is 32.1. The quantitative estimate of drug-likeness (QED) is 0.716. The van der Waals surface area contributed by atoms with E-state index >= 15 is 0 Å². The maximum absolute atomic E-state index is 14.0. The second-order valence-electron chi connectivity index (χ2n) is 6.26. The average Bonchev–Trinajstić information content (AvgIpc) is 3.07. The van der Waals surface area contributed by atoms with Crippen molar-refractivity contribution in [3.8, 4) is 21.9 Å². The SMILES string of the molecule is Oc1cc(-c2cccs2)cc2c1OCCN(Cc1cc(F)ccc1F)C2. The van der Waals surface area contributed by atoms with Crippen molar-refractivity contribution in [1.82, 2.24) is 4.90 Å². The van der Waals surface area contributed by atoms with E-state index < -0.39 is 11.6 Å². The van der Waals surface area contributed by atoms with Crippen LogP contribution in [0.2, 0.25) is 0 Å². The van der Waals surface area contributed by atoms with Gasteiger partial charge in [-0.1, -0.05) is 6.07 Å². The Labute approximate surface area is 154 Å². The number of fused-ring (bicyclic) bond motifs is 1. The second-order valence-corrected chi connectivity index (χ2v) is 7.20. The third-order valence-corrected chi connectivity index (χ3v) is 5.32. The van der Waals surface area contributed by atoms with Crippen LogP contribution in [0.15, 0.2) is 47.8 Å². The van der Waals surface area contributed by atoms with E-state index in [0.717, 1.165) is 28.1 Å². The molecule has 3 aromatic rings. The fourth-order valence-corrected chi connectivity index (χ4v) is 3.89. The molecule has 1 aliphatic heterocycles. The van der Waals surface area contributed by atoms with Gasteiger partial charge in [-0.15, -0.1) is 11.3 Å². The minimum Gasteiger partial charge on any atom is -0.504 e. The van der Waals surface area contributed by atoms with Crippen molar-refractivity contribution in [2.45, 2.75) is 13.1 Å². The van der Waals surface area contributed by atoms with Crippen LogP contribution in [0, 0.1) is 11.6 Å². The van der Waals surface area contributed by atoms with Crippen LogP contribution < -0.4 is 4.74 Å². The van der Waals surface area contributed by atoms with Crippen LogP contribution in [0.5, 0.6) is 11.5 Å². The van der Waals surface area contributed by atoms with Crippen LogP contribution in [-0.2, 0) is 13.1 Å². The number of hydrogen-bond donors (Lipinski definition) is 1. The van der Waals surface area contributed by atoms with Gasteiger partial charge in [0.25, 0.3) is 0 Å². The third-order valence-electron chi connectivity index (χ3n) is 4.40. The van der Waals surface area contributed by atoms with Crippen molar-refractivity contribution in [2.24, 2.45) is 0 Å². The Hall–Kier alpha value is -2.44. The smallest absolute Gasteiger partial charge is 0.165 e. The van der Waals surface area contributed by atoms with Crippen LogP contribution in [-0.4, -0.2) is 23.2 Å². The van der Waals surface area contributed by atoms with Gasteiger partial charge in [0, 0.05) is 35.6 Å². The summed E-state index contributed by atoms with van der Waals surface area (Å²) in [7, 11) is 0. The van der Waals surface area contributed by atoms with Crippen molar-refractivity contribution in [1.29, 1.82) is 0 Å². The van der Waals surface area contributed by atoms with Crippen molar-refractivity contribution >= 4 is 11.3 Å². The zero-order valence-corrected chi connectivity index (χ0v) is 14.7. The Morgan fingerprint density at radius 2 is 2.04 bits per heavy atom. The highest BCUT2D eigenvalue weighted by Gasteiger charge is 2.21. The summed E-state index contributed by atoms with van der Waals surface area (Å²) in [4.78, 5) is 3.04. The molecule has 2 aromatic carbocycles. The molecule has 0 aliphatic carbocycles. The number of rotatable bonds is 3. The summed E-state index contributed by atoms with van der Waals surface area (Å²) in [6.07, 6.45) is 0. The predicted octanol–water partition coefficient (Wildman–Crippen LogP) is 4.79. The van der Waals surface area contributed by atoms with Gasteiger partial charge in [0.2, 0.25) is 0 Å². The minimum absolute atomic E-state index is 0.102. The maximum atomic E-state index is 14.0. The van der Waals surface area contributed by atoms with E-state index in [1.165, 1.54) is 6.07 Å². The van der Waals surface area contributed by atoms with Gasteiger partial charge in [-0.25, -0.2) is 8.78 Å². The first-order valence-corrected chi connectivity index (χ1v) is 9.17. The van der Waals surface area contributed by atoms with E-state index in [1.807, 2.05) is 28.5 Å². The van der Waals surface area contributed by atoms with Crippen LogP contribution in [0.1, 0.15) is 11.1 Å². The van der Waals surface area contributed by atoms with Gasteiger partial charge in [0.1, 0.15) is 18.2 Å². The van der Waals surface area contributed by atoms with Gasteiger partial charge in [-0.2, -0.15) is 0 Å². The molecule has 1 aliphatic rings. The molecule has 3 nitrogen and oxygen atoms in total. The zero-order chi connectivity index (χ0) is 18.1. The lowest BCUT2D eigenvalue weighted by atomic mass is 10.1. The van der Waals surface area contributed by atoms with E-state index in [1.54, 1.807) is 17.4 Å². The van der Waals surface area contributed by atoms with Crippen LogP contribution in [0.3, 0.4) is 0 Å². The van der Waals surface area contributed by atoms with Crippen molar-refractivity contribution in [3.63, 3.8) is 0 Å². The monoisotopic (exact) mass is 373 g/mol. The molecule has 26 heavy (non-hydrogen) atoms. The second kappa shape index (κ2) is 7.05. The molecule has 0 bridgehead atoms. The Kier molecular flexibility index (Phi) is 4.61. The molecule has 0 saturated carbocycles. The summed E-state index contributed by atoms with van der Waals surface area (Å²) >= 11 is 1.59. The van der Waals surface area contributed by atoms with E-state index in [0.29, 0.717) is 31.0 Å². The molecule has 0 fully saturated rings. The Morgan fingerprint density at radius 1 is 1.15 bits per heavy atom. The molecule has 0 unspecified atom stereocenters. The standard InChI is InChI=1S/C20H17F2NO2S/c21-16-3-4-17(22)14(9-16)11-23-5-6-25-20-15(12-23)8-13(10-18(20)24)19-2-1-7-26-19/h1-4,7-10,24H,5-6,11-12H2. The number of phenols is 1. The van der Waals surface area contributed by atoms with Gasteiger partial charge >= 0.3 is 0 Å². The van der Waals surface area contributed by atoms with E-state index in [9.17, 15) is 13.9 Å². The number of ether oxygens (including phenoxy) is 1. The fraction of sp³-hybridized carbons (Fsp3) is 0.200. The van der Waals surface area contributed by atoms with Crippen LogP contribution >= 0.6 is 11.3 Å². The molecule has 4 rings (SSSR count). The number of hydrogen-bond acceptors (Lipinski definition) is 4. The minimum atomic E-state index is -0.453. The first-order valence-electron chi connectivity index (χ1n) is 8.29. The van der Waals surface area contributed by atoms with Gasteiger partial charge in [0.05, 0.1) is 0 Å². The van der Waals surface area contributed by atoms with Crippen molar-refractivity contribution in [2.75, 3.05) is 13.2 Å². The molecule has 0 spiro atoms. The van der Waals surface area contributed by atoms with Crippen molar-refractivity contribution in [3.05, 3.63) is 70.6 Å². The fourth-order valence-electron chi connectivity index (χ4n) is 3.18. The van der Waals surface area contributed by atoms with Gasteiger partial charge < -0.3 is 9.84 Å². The van der Waals surface area contributed by atoms with Crippen LogP contribution in [0.25, 0.3) is 10.4 Å². The Balaban J connectivity index is 1.64. The molecule has 0 amide bonds. The predicted molar refractivity (Wildman–Crippen MR) is 97.4 cm³/mol. The summed E-state index contributed by atoms with van der Waals surface area (Å²) in [6.45, 7) is 1.68. The number of aromatic hydroxyl groups is 1. The number of nitrogens with zero attached hydrogens (tertiary/aromatic N) is 1. The van der Waals surface area contributed by atoms with Gasteiger partial charge in [0.15, 0.2) is 11.5 Å². The van der Waals surface area contributed by atoms with E-state index in [2.05, 4.69) is 0 Å². The maximum Gasteiger partial charge on any atom is 0.165 e. The number of phenolic OH excluding ortho intramolecular Hbond substituents is 1. The van der Waals surface area contributed by atoms with E-state index in [-0.39, 0.29) is 12.3 Å². The number of thiophene rings is 1. The van der Waals surface area contributed by atoms with Crippen molar-refractivity contribution < 1.29 is 18.6 Å². The first-order chi connectivity index (χ1) is 12.6. The molecule has 2 heterocycles. The molecule has 1 N–H and O–H groups in total. The Morgan fingerprint density at radius 3 is 2.85 bits per heavy atom. The summed E-state index contributed by atoms with van der Waals surface area (Å²) in [5.74, 6) is -0.310. The Bertz CT molecular complexity index is 928. The topological polar surface area (TPSA) is 32.7 Å². The highest BCUT2D eigenvalue weighted by molar-refractivity contribution is 7.13. The molecule has 0 saturated heterocycles. The normalized spacial score (nSPS) is 14.5. The zero-order valence-electron chi connectivity index (χ0n) is 13.9. The lowest BCUT2D eigenvalue weighted by Gasteiger charge is -2.20. The molecule has 0 atom stereocenters. The molecular weight excluding hydrogens is 356 g/mol. The van der Waals surface area contributed by atoms with Gasteiger partial charge in [-0.3, -0.25) is 4.90 Å². The lowest BCUT2D eigenvalue weighted by molar-refractivity contribution is 0.215. The summed E-state index contributed by atoms with van der Waals surface area (Å²) in [5, 5.41) is 12.3. The molecule has 0 radical (unpaired) electrons. The molecule has 1 aromatic heterocycles. The summed E-state index contributed by atoms with van der Waals surface area (Å²) < 4.78 is 33.1. The third kappa shape index (κ3) is 3.43. The average molecular weight is 373 g/mol. The first kappa shape index (κ1) is 17.0. The van der Waals surface area contributed by atoms with Crippen LogP contribution in [0.4, 0.5) is 8.78 Å². The highest BCUT2D eigenvalue weighted by Crippen LogP contribution is 2.38. The molecular formula is C20H17F2NO2S. The molecule has 6 heteroatoms. The molecule has 134 valence electrons. The van der Waals surface area contributed by atoms with Gasteiger partial charge in [-0.05, 0) is 47.3 Å². The van der Waals surface area contributed by atoms with E-state index in [4.69, 9.17) is 4.74 Å². The largest absolute Gasteiger partial charge is 0.504 e. The summed E-state index contributed by atoms with van der Waals surface area (Å²) in [6, 6.07) is 11.1. The summed E-state index contributed by atoms with van der Waals surface area (Å²) in [5.41, 5.74) is 2.06. The number of benzene rings is 2. The number of halogens is 2. The lowest BCUT2D eigenvalue weighted by Crippen LogP contribution is -2.25.